The molecule has 0 aromatic heterocycles. The molecule has 1 aromatic rings. The van der Waals surface area contributed by atoms with Crippen LogP contribution < -0.4 is 4.74 Å². The molecule has 5 heteroatoms. The van der Waals surface area contributed by atoms with Gasteiger partial charge in [0, 0.05) is 15.9 Å². The summed E-state index contributed by atoms with van der Waals surface area (Å²) in [5.74, 6) is 0.593. The summed E-state index contributed by atoms with van der Waals surface area (Å²) >= 11 is 9.00. The number of ether oxygens (including phenoxy) is 1. The first-order valence-electron chi connectivity index (χ1n) is 4.35. The predicted molar refractivity (Wildman–Crippen MR) is 62.8 cm³/mol. The number of halogens is 2. The van der Waals surface area contributed by atoms with E-state index in [0.29, 0.717) is 16.3 Å². The van der Waals surface area contributed by atoms with Gasteiger partial charge in [-0.05, 0) is 18.2 Å². The van der Waals surface area contributed by atoms with Crippen molar-refractivity contribution in [2.45, 2.75) is 12.2 Å². The zero-order valence-corrected chi connectivity index (χ0v) is 10.5. The molecule has 0 heterocycles. The first-order valence-corrected chi connectivity index (χ1v) is 5.85. The number of benzene rings is 1. The summed E-state index contributed by atoms with van der Waals surface area (Å²) in [5.41, 5.74) is 0.461. The molecular weight excluding hydrogens is 283 g/mol. The van der Waals surface area contributed by atoms with Crippen LogP contribution in [0.4, 0.5) is 0 Å². The standard InChI is InChI=1S/C10H12BrClO3/c1-15-6-2-3-8(12)7(4-6)10(14)9(13)5-11/h2-4,9-10,13-14H,5H2,1H3. The summed E-state index contributed by atoms with van der Waals surface area (Å²) in [5, 5.41) is 19.9. The molecule has 1 rings (SSSR count). The molecule has 0 spiro atoms. The fourth-order valence-corrected chi connectivity index (χ4v) is 1.75. The van der Waals surface area contributed by atoms with Crippen LogP contribution in [-0.4, -0.2) is 28.8 Å². The van der Waals surface area contributed by atoms with E-state index in [0.717, 1.165) is 0 Å². The highest BCUT2D eigenvalue weighted by Gasteiger charge is 2.20. The molecule has 0 aliphatic rings. The molecule has 2 atom stereocenters. The van der Waals surface area contributed by atoms with E-state index < -0.39 is 12.2 Å². The summed E-state index contributed by atoms with van der Waals surface area (Å²) in [6.07, 6.45) is -1.92. The molecule has 1 aromatic carbocycles. The first kappa shape index (κ1) is 12.8. The van der Waals surface area contributed by atoms with Crippen molar-refractivity contribution in [1.29, 1.82) is 0 Å². The van der Waals surface area contributed by atoms with Gasteiger partial charge in [-0.2, -0.15) is 0 Å². The Morgan fingerprint density at radius 3 is 2.67 bits per heavy atom. The Hall–Kier alpha value is -0.290. The van der Waals surface area contributed by atoms with Gasteiger partial charge < -0.3 is 14.9 Å². The van der Waals surface area contributed by atoms with Crippen molar-refractivity contribution >= 4 is 27.5 Å². The zero-order valence-electron chi connectivity index (χ0n) is 8.15. The lowest BCUT2D eigenvalue weighted by Crippen LogP contribution is -2.19. The molecule has 0 aliphatic heterocycles. The molecule has 0 aliphatic carbocycles. The minimum atomic E-state index is -1.02. The van der Waals surface area contributed by atoms with Crippen LogP contribution in [0.15, 0.2) is 18.2 Å². The van der Waals surface area contributed by atoms with Crippen molar-refractivity contribution < 1.29 is 14.9 Å². The molecule has 0 bridgehead atoms. The van der Waals surface area contributed by atoms with Crippen molar-refractivity contribution in [2.24, 2.45) is 0 Å². The van der Waals surface area contributed by atoms with Gasteiger partial charge in [-0.1, -0.05) is 27.5 Å². The lowest BCUT2D eigenvalue weighted by molar-refractivity contribution is 0.0342. The average Bonchev–Trinajstić information content (AvgIpc) is 2.27. The highest BCUT2D eigenvalue weighted by Crippen LogP contribution is 2.29. The molecule has 0 amide bonds. The number of alkyl halides is 1. The van der Waals surface area contributed by atoms with Crippen molar-refractivity contribution in [3.05, 3.63) is 28.8 Å². The first-order chi connectivity index (χ1) is 7.10. The number of aliphatic hydroxyl groups excluding tert-OH is 2. The van der Waals surface area contributed by atoms with Crippen LogP contribution in [0.25, 0.3) is 0 Å². The van der Waals surface area contributed by atoms with E-state index in [2.05, 4.69) is 15.9 Å². The summed E-state index contributed by atoms with van der Waals surface area (Å²) in [6.45, 7) is 0. The van der Waals surface area contributed by atoms with Crippen molar-refractivity contribution in [3.8, 4) is 5.75 Å². The predicted octanol–water partition coefficient (Wildman–Crippen LogP) is 2.14. The van der Waals surface area contributed by atoms with E-state index in [1.165, 1.54) is 7.11 Å². The Bertz CT molecular complexity index is 332. The van der Waals surface area contributed by atoms with Gasteiger partial charge in [-0.25, -0.2) is 0 Å². The van der Waals surface area contributed by atoms with E-state index >= 15 is 0 Å². The van der Waals surface area contributed by atoms with E-state index in [4.69, 9.17) is 16.3 Å². The molecule has 3 nitrogen and oxygen atoms in total. The second-order valence-electron chi connectivity index (χ2n) is 3.05. The molecular formula is C10H12BrClO3. The van der Waals surface area contributed by atoms with E-state index in [9.17, 15) is 10.2 Å². The maximum Gasteiger partial charge on any atom is 0.119 e. The van der Waals surface area contributed by atoms with Crippen LogP contribution >= 0.6 is 27.5 Å². The van der Waals surface area contributed by atoms with Gasteiger partial charge in [-0.3, -0.25) is 0 Å². The maximum atomic E-state index is 9.77. The van der Waals surface area contributed by atoms with Gasteiger partial charge in [0.1, 0.15) is 11.9 Å². The third kappa shape index (κ3) is 3.08. The van der Waals surface area contributed by atoms with Gasteiger partial charge in [0.2, 0.25) is 0 Å². The Kier molecular flexibility index (Phi) is 4.86. The zero-order chi connectivity index (χ0) is 11.4. The van der Waals surface area contributed by atoms with Crippen molar-refractivity contribution in [2.75, 3.05) is 12.4 Å². The molecule has 2 N–H and O–H groups in total. The van der Waals surface area contributed by atoms with Crippen LogP contribution in [0, 0.1) is 0 Å². The van der Waals surface area contributed by atoms with Gasteiger partial charge in [0.25, 0.3) is 0 Å². The van der Waals surface area contributed by atoms with Crippen LogP contribution in [-0.2, 0) is 0 Å². The fraction of sp³-hybridized carbons (Fsp3) is 0.400. The number of hydrogen-bond acceptors (Lipinski definition) is 3. The van der Waals surface area contributed by atoms with Gasteiger partial charge in [0.05, 0.1) is 13.2 Å². The quantitative estimate of drug-likeness (QED) is 0.837. The number of methoxy groups -OCH3 is 1. The molecule has 0 fully saturated rings. The van der Waals surface area contributed by atoms with Gasteiger partial charge in [-0.15, -0.1) is 0 Å². The molecule has 84 valence electrons. The van der Waals surface area contributed by atoms with E-state index in [1.807, 2.05) is 0 Å². The van der Waals surface area contributed by atoms with Crippen molar-refractivity contribution in [1.82, 2.24) is 0 Å². The highest BCUT2D eigenvalue weighted by atomic mass is 79.9. The topological polar surface area (TPSA) is 49.7 Å². The summed E-state index contributed by atoms with van der Waals surface area (Å²) in [7, 11) is 1.53. The number of aliphatic hydroxyl groups is 2. The van der Waals surface area contributed by atoms with E-state index in [-0.39, 0.29) is 5.33 Å². The SMILES string of the molecule is COc1ccc(Cl)c(C(O)C(O)CBr)c1. The lowest BCUT2D eigenvalue weighted by Gasteiger charge is -2.17. The van der Waals surface area contributed by atoms with Crippen LogP contribution in [0.5, 0.6) is 5.75 Å². The van der Waals surface area contributed by atoms with Crippen LogP contribution in [0.2, 0.25) is 5.02 Å². The lowest BCUT2D eigenvalue weighted by atomic mass is 10.1. The summed E-state index contributed by atoms with van der Waals surface area (Å²) in [4.78, 5) is 0. The molecule has 2 unspecified atom stereocenters. The molecule has 0 saturated carbocycles. The smallest absolute Gasteiger partial charge is 0.119 e. The van der Waals surface area contributed by atoms with Crippen molar-refractivity contribution in [3.63, 3.8) is 0 Å². The van der Waals surface area contributed by atoms with Crippen LogP contribution in [0.1, 0.15) is 11.7 Å². The Morgan fingerprint density at radius 1 is 1.47 bits per heavy atom. The Morgan fingerprint density at radius 2 is 2.13 bits per heavy atom. The van der Waals surface area contributed by atoms with Gasteiger partial charge >= 0.3 is 0 Å². The minimum Gasteiger partial charge on any atom is -0.497 e. The third-order valence-electron chi connectivity index (χ3n) is 2.04. The normalized spacial score (nSPS) is 14.7. The Balaban J connectivity index is 3.01. The molecule has 15 heavy (non-hydrogen) atoms. The largest absolute Gasteiger partial charge is 0.497 e. The second-order valence-corrected chi connectivity index (χ2v) is 4.11. The average molecular weight is 296 g/mol. The molecule has 0 saturated heterocycles. The Labute approximate surface area is 102 Å². The summed E-state index contributed by atoms with van der Waals surface area (Å²) in [6, 6.07) is 4.93. The fourth-order valence-electron chi connectivity index (χ4n) is 1.17. The molecule has 0 radical (unpaired) electrons. The minimum absolute atomic E-state index is 0.279. The monoisotopic (exact) mass is 294 g/mol. The highest BCUT2D eigenvalue weighted by molar-refractivity contribution is 9.09. The van der Waals surface area contributed by atoms with Crippen LogP contribution in [0.3, 0.4) is 0 Å². The second kappa shape index (κ2) is 5.70. The van der Waals surface area contributed by atoms with E-state index in [1.54, 1.807) is 18.2 Å². The number of rotatable bonds is 4. The maximum absolute atomic E-state index is 9.77. The summed E-state index contributed by atoms with van der Waals surface area (Å²) < 4.78 is 5.01. The van der Waals surface area contributed by atoms with Gasteiger partial charge in [0.15, 0.2) is 0 Å². The third-order valence-corrected chi connectivity index (χ3v) is 3.05. The number of hydrogen-bond donors (Lipinski definition) is 2.